The molecule has 4 rings (SSSR count). The van der Waals surface area contributed by atoms with E-state index in [1.165, 1.54) is 11.3 Å². The fourth-order valence-electron chi connectivity index (χ4n) is 3.49. The number of hydrogen-bond acceptors (Lipinski definition) is 8. The number of nitrogens with one attached hydrogen (secondary N) is 2. The van der Waals surface area contributed by atoms with Gasteiger partial charge in [0.05, 0.1) is 16.8 Å². The van der Waals surface area contributed by atoms with Crippen molar-refractivity contribution in [2.24, 2.45) is 5.73 Å². The summed E-state index contributed by atoms with van der Waals surface area (Å²) in [6, 6.07) is 4.09. The summed E-state index contributed by atoms with van der Waals surface area (Å²) >= 11 is 1.51. The zero-order chi connectivity index (χ0) is 20.5. The van der Waals surface area contributed by atoms with Gasteiger partial charge in [-0.15, -0.1) is 11.3 Å². The van der Waals surface area contributed by atoms with E-state index in [0.29, 0.717) is 19.6 Å². The Morgan fingerprint density at radius 3 is 2.69 bits per heavy atom. The first-order valence-electron chi connectivity index (χ1n) is 9.16. The molecule has 2 aliphatic rings. The fraction of sp³-hybridized carbons (Fsp3) is 0.316. The van der Waals surface area contributed by atoms with Gasteiger partial charge >= 0.3 is 0 Å². The number of hydrogen-bond donors (Lipinski definition) is 3. The molecule has 1 aromatic heterocycles. The molecule has 10 heteroatoms. The van der Waals surface area contributed by atoms with E-state index in [0.717, 1.165) is 21.2 Å². The number of aromatic nitrogens is 1. The molecule has 0 bridgehead atoms. The van der Waals surface area contributed by atoms with Crippen molar-refractivity contribution in [3.8, 4) is 0 Å². The summed E-state index contributed by atoms with van der Waals surface area (Å²) in [5.41, 5.74) is 7.84. The van der Waals surface area contributed by atoms with Crippen LogP contribution in [0.25, 0.3) is 0 Å². The highest BCUT2D eigenvalue weighted by Gasteiger charge is 2.44. The number of amides is 4. The van der Waals surface area contributed by atoms with Gasteiger partial charge in [-0.25, -0.2) is 4.98 Å². The Morgan fingerprint density at radius 1 is 1.17 bits per heavy atom. The monoisotopic (exact) mass is 413 g/mol. The van der Waals surface area contributed by atoms with Gasteiger partial charge in [0, 0.05) is 31.4 Å². The molecule has 9 nitrogen and oxygen atoms in total. The number of imide groups is 2. The van der Waals surface area contributed by atoms with Crippen molar-refractivity contribution < 1.29 is 19.2 Å². The highest BCUT2D eigenvalue weighted by Crippen LogP contribution is 2.28. The first-order chi connectivity index (χ1) is 14.0. The molecule has 1 unspecified atom stereocenters. The molecular formula is C19H19N5O4S. The number of rotatable bonds is 6. The maximum atomic E-state index is 12.8. The lowest BCUT2D eigenvalue weighted by molar-refractivity contribution is -0.136. The van der Waals surface area contributed by atoms with E-state index in [1.54, 1.807) is 18.2 Å². The van der Waals surface area contributed by atoms with Crippen molar-refractivity contribution in [3.05, 3.63) is 51.0 Å². The van der Waals surface area contributed by atoms with Crippen molar-refractivity contribution in [2.45, 2.75) is 38.5 Å². The zero-order valence-corrected chi connectivity index (χ0v) is 16.3. The smallest absolute Gasteiger partial charge is 0.262 e. The third kappa shape index (κ3) is 3.69. The van der Waals surface area contributed by atoms with E-state index in [1.807, 2.05) is 5.38 Å². The maximum absolute atomic E-state index is 12.8. The molecular weight excluding hydrogens is 394 g/mol. The van der Waals surface area contributed by atoms with Crippen LogP contribution < -0.4 is 16.4 Å². The lowest BCUT2D eigenvalue weighted by atomic mass is 10.0. The Bertz CT molecular complexity index is 1020. The lowest BCUT2D eigenvalue weighted by Gasteiger charge is -2.27. The third-order valence-corrected chi connectivity index (χ3v) is 5.83. The molecule has 150 valence electrons. The summed E-state index contributed by atoms with van der Waals surface area (Å²) in [6.45, 7) is 1.46. The van der Waals surface area contributed by atoms with Crippen molar-refractivity contribution in [2.75, 3.05) is 0 Å². The van der Waals surface area contributed by atoms with Crippen LogP contribution in [-0.2, 0) is 29.2 Å². The van der Waals surface area contributed by atoms with E-state index in [4.69, 9.17) is 5.73 Å². The van der Waals surface area contributed by atoms with Crippen LogP contribution in [0.2, 0.25) is 0 Å². The standard InChI is InChI=1S/C19H19N5O4S/c20-6-16-22-11(9-29-16)8-21-7-10-1-2-12-13(5-10)19(28)24(18(12)27)14-3-4-15(25)23-17(14)26/h1-2,5,9,14,21H,3-4,6-8,20H2,(H,23,25,26). The van der Waals surface area contributed by atoms with Gasteiger partial charge in [-0.05, 0) is 24.1 Å². The summed E-state index contributed by atoms with van der Waals surface area (Å²) in [7, 11) is 0. The number of nitrogens with zero attached hydrogens (tertiary/aromatic N) is 2. The van der Waals surface area contributed by atoms with E-state index in [2.05, 4.69) is 15.6 Å². The van der Waals surface area contributed by atoms with Gasteiger partial charge in [-0.1, -0.05) is 6.07 Å². The highest BCUT2D eigenvalue weighted by atomic mass is 32.1. The van der Waals surface area contributed by atoms with Crippen molar-refractivity contribution in [3.63, 3.8) is 0 Å². The topological polar surface area (TPSA) is 134 Å². The first-order valence-corrected chi connectivity index (χ1v) is 10.0. The molecule has 2 aliphatic heterocycles. The predicted octanol–water partition coefficient (Wildman–Crippen LogP) is 0.293. The lowest BCUT2D eigenvalue weighted by Crippen LogP contribution is -2.54. The number of nitrogens with two attached hydrogens (primary N) is 1. The number of thiazole rings is 1. The molecule has 1 saturated heterocycles. The molecule has 2 aromatic rings. The molecule has 4 N–H and O–H groups in total. The highest BCUT2D eigenvalue weighted by molar-refractivity contribution is 7.09. The summed E-state index contributed by atoms with van der Waals surface area (Å²) in [5.74, 6) is -2.02. The van der Waals surface area contributed by atoms with Gasteiger partial charge in [0.15, 0.2) is 0 Å². The van der Waals surface area contributed by atoms with Crippen LogP contribution in [0.1, 0.15) is 49.8 Å². The molecule has 0 aliphatic carbocycles. The average molecular weight is 413 g/mol. The van der Waals surface area contributed by atoms with Crippen LogP contribution in [0.5, 0.6) is 0 Å². The fourth-order valence-corrected chi connectivity index (χ4v) is 4.16. The van der Waals surface area contributed by atoms with Gasteiger partial charge < -0.3 is 11.1 Å². The number of carbonyl (C=O) groups excluding carboxylic acids is 4. The minimum Gasteiger partial charge on any atom is -0.325 e. The van der Waals surface area contributed by atoms with Crippen molar-refractivity contribution in [1.82, 2.24) is 20.5 Å². The van der Waals surface area contributed by atoms with Gasteiger partial charge in [0.25, 0.3) is 11.8 Å². The second kappa shape index (κ2) is 7.82. The first kappa shape index (κ1) is 19.4. The van der Waals surface area contributed by atoms with E-state index >= 15 is 0 Å². The summed E-state index contributed by atoms with van der Waals surface area (Å²) < 4.78 is 0. The molecule has 0 radical (unpaired) electrons. The molecule has 0 saturated carbocycles. The molecule has 1 atom stereocenters. The van der Waals surface area contributed by atoms with Gasteiger partial charge in [-0.2, -0.15) is 0 Å². The number of piperidine rings is 1. The van der Waals surface area contributed by atoms with Gasteiger partial charge in [-0.3, -0.25) is 29.4 Å². The van der Waals surface area contributed by atoms with Crippen LogP contribution in [0.15, 0.2) is 23.6 Å². The van der Waals surface area contributed by atoms with E-state index in [9.17, 15) is 19.2 Å². The molecule has 3 heterocycles. The number of benzene rings is 1. The summed E-state index contributed by atoms with van der Waals surface area (Å²) in [6.07, 6.45) is 0.241. The van der Waals surface area contributed by atoms with Crippen LogP contribution in [0, 0.1) is 0 Å². The largest absolute Gasteiger partial charge is 0.325 e. The Balaban J connectivity index is 1.45. The summed E-state index contributed by atoms with van der Waals surface area (Å²) in [4.78, 5) is 54.3. The molecule has 29 heavy (non-hydrogen) atoms. The second-order valence-corrected chi connectivity index (χ2v) is 7.81. The van der Waals surface area contributed by atoms with Crippen LogP contribution in [0.3, 0.4) is 0 Å². The summed E-state index contributed by atoms with van der Waals surface area (Å²) in [5, 5.41) is 8.25. The maximum Gasteiger partial charge on any atom is 0.262 e. The Morgan fingerprint density at radius 2 is 1.97 bits per heavy atom. The van der Waals surface area contributed by atoms with Gasteiger partial charge in [0.1, 0.15) is 11.0 Å². The van der Waals surface area contributed by atoms with E-state index in [-0.39, 0.29) is 24.0 Å². The van der Waals surface area contributed by atoms with Crippen molar-refractivity contribution >= 4 is 35.0 Å². The molecule has 0 spiro atoms. The molecule has 4 amide bonds. The van der Waals surface area contributed by atoms with E-state index < -0.39 is 29.7 Å². The number of fused-ring (bicyclic) bond motifs is 1. The van der Waals surface area contributed by atoms with Crippen LogP contribution in [-0.4, -0.2) is 39.6 Å². The Hall–Kier alpha value is -2.95. The third-order valence-electron chi connectivity index (χ3n) is 4.91. The predicted molar refractivity (Wildman–Crippen MR) is 104 cm³/mol. The zero-order valence-electron chi connectivity index (χ0n) is 15.4. The average Bonchev–Trinajstić information content (AvgIpc) is 3.26. The quantitative estimate of drug-likeness (QED) is 0.580. The molecule has 1 fully saturated rings. The van der Waals surface area contributed by atoms with Crippen LogP contribution in [0.4, 0.5) is 0 Å². The normalized spacial score (nSPS) is 18.9. The Kier molecular flexibility index (Phi) is 5.22. The molecule has 1 aromatic carbocycles. The second-order valence-electron chi connectivity index (χ2n) is 6.87. The minimum absolute atomic E-state index is 0.0987. The number of carbonyl (C=O) groups is 4. The SMILES string of the molecule is NCc1nc(CNCc2ccc3c(c2)C(=O)N(C2CCC(=O)NC2=O)C3=O)cs1. The van der Waals surface area contributed by atoms with Crippen molar-refractivity contribution in [1.29, 1.82) is 0 Å². The van der Waals surface area contributed by atoms with Crippen LogP contribution >= 0.6 is 11.3 Å². The minimum atomic E-state index is -0.955. The van der Waals surface area contributed by atoms with Gasteiger partial charge in [0.2, 0.25) is 11.8 Å². The Labute approximate surface area is 170 Å².